The van der Waals surface area contributed by atoms with Crippen LogP contribution in [0, 0.1) is 0 Å². The molecule has 4 heteroatoms. The number of hydrogen-bond donors (Lipinski definition) is 2. The second-order valence-corrected chi connectivity index (χ2v) is 4.56. The first-order valence-electron chi connectivity index (χ1n) is 6.19. The van der Waals surface area contributed by atoms with Gasteiger partial charge in [-0.1, -0.05) is 12.1 Å². The predicted molar refractivity (Wildman–Crippen MR) is 67.1 cm³/mol. The Balaban J connectivity index is 1.99. The van der Waals surface area contributed by atoms with Gasteiger partial charge in [-0.25, -0.2) is 0 Å². The largest absolute Gasteiger partial charge is 0.312 e. The van der Waals surface area contributed by atoms with Gasteiger partial charge >= 0.3 is 0 Å². The van der Waals surface area contributed by atoms with Gasteiger partial charge in [0.1, 0.15) is 0 Å². The minimum absolute atomic E-state index is 0.184. The lowest BCUT2D eigenvalue weighted by Gasteiger charge is -2.31. The Bertz CT molecular complexity index is 444. The van der Waals surface area contributed by atoms with Gasteiger partial charge in [0.15, 0.2) is 0 Å². The number of benzene rings is 1. The van der Waals surface area contributed by atoms with Gasteiger partial charge in [0.05, 0.1) is 6.54 Å². The van der Waals surface area contributed by atoms with Gasteiger partial charge in [0, 0.05) is 25.3 Å². The molecule has 0 aromatic heterocycles. The first-order valence-corrected chi connectivity index (χ1v) is 6.19. The van der Waals surface area contributed by atoms with Crippen LogP contribution in [0.1, 0.15) is 11.1 Å². The van der Waals surface area contributed by atoms with Crippen LogP contribution in [0.3, 0.4) is 0 Å². The molecule has 0 radical (unpaired) electrons. The number of fused-ring (bicyclic) bond motifs is 1. The molecule has 17 heavy (non-hydrogen) atoms. The number of amides is 1. The molecule has 0 aliphatic carbocycles. The predicted octanol–water partition coefficient (Wildman–Crippen LogP) is 0.268. The number of carbonyl (C=O) groups excluding carboxylic acids is 1. The van der Waals surface area contributed by atoms with E-state index in [1.54, 1.807) is 0 Å². The minimum Gasteiger partial charge on any atom is -0.312 e. The van der Waals surface area contributed by atoms with Crippen molar-refractivity contribution in [3.63, 3.8) is 0 Å². The SMILES string of the molecule is O=C1CNCCN1c1cccc2c1CCNC2. The normalized spacial score (nSPS) is 20.2. The number of hydrogen-bond acceptors (Lipinski definition) is 3. The lowest BCUT2D eigenvalue weighted by atomic mass is 9.98. The van der Waals surface area contributed by atoms with Crippen molar-refractivity contribution in [1.29, 1.82) is 0 Å². The number of piperazine rings is 1. The molecule has 4 nitrogen and oxygen atoms in total. The maximum atomic E-state index is 11.9. The van der Waals surface area contributed by atoms with Crippen LogP contribution in [0.5, 0.6) is 0 Å². The molecule has 1 saturated heterocycles. The van der Waals surface area contributed by atoms with E-state index in [9.17, 15) is 4.79 Å². The summed E-state index contributed by atoms with van der Waals surface area (Å²) in [5.41, 5.74) is 3.80. The fraction of sp³-hybridized carbons (Fsp3) is 0.462. The van der Waals surface area contributed by atoms with E-state index in [0.717, 1.165) is 38.3 Å². The molecule has 1 amide bonds. The molecule has 2 heterocycles. The first kappa shape index (κ1) is 10.7. The molecular formula is C13H17N3O. The van der Waals surface area contributed by atoms with Gasteiger partial charge in [-0.3, -0.25) is 4.79 Å². The van der Waals surface area contributed by atoms with E-state index in [1.807, 2.05) is 4.90 Å². The van der Waals surface area contributed by atoms with E-state index in [0.29, 0.717) is 6.54 Å². The van der Waals surface area contributed by atoms with Crippen molar-refractivity contribution in [2.24, 2.45) is 0 Å². The Kier molecular flexibility index (Phi) is 2.82. The summed E-state index contributed by atoms with van der Waals surface area (Å²) in [6, 6.07) is 6.28. The Morgan fingerprint density at radius 1 is 1.12 bits per heavy atom. The van der Waals surface area contributed by atoms with Crippen LogP contribution in [0.2, 0.25) is 0 Å². The lowest BCUT2D eigenvalue weighted by Crippen LogP contribution is -2.48. The van der Waals surface area contributed by atoms with Gasteiger partial charge < -0.3 is 15.5 Å². The van der Waals surface area contributed by atoms with Gasteiger partial charge in [0.25, 0.3) is 0 Å². The molecule has 2 aliphatic heterocycles. The quantitative estimate of drug-likeness (QED) is 0.729. The highest BCUT2D eigenvalue weighted by Gasteiger charge is 2.23. The number of nitrogens with one attached hydrogen (secondary N) is 2. The second kappa shape index (κ2) is 4.47. The zero-order valence-corrected chi connectivity index (χ0v) is 9.83. The number of rotatable bonds is 1. The molecule has 2 N–H and O–H groups in total. The summed E-state index contributed by atoms with van der Waals surface area (Å²) < 4.78 is 0. The van der Waals surface area contributed by atoms with Gasteiger partial charge in [-0.15, -0.1) is 0 Å². The molecule has 0 unspecified atom stereocenters. The molecule has 0 saturated carbocycles. The third-order valence-electron chi connectivity index (χ3n) is 3.50. The van der Waals surface area contributed by atoms with Crippen LogP contribution in [-0.2, 0) is 17.8 Å². The van der Waals surface area contributed by atoms with Crippen molar-refractivity contribution >= 4 is 11.6 Å². The van der Waals surface area contributed by atoms with Crippen LogP contribution in [0.25, 0.3) is 0 Å². The summed E-state index contributed by atoms with van der Waals surface area (Å²) >= 11 is 0. The molecule has 1 fully saturated rings. The molecule has 90 valence electrons. The van der Waals surface area contributed by atoms with Crippen LogP contribution < -0.4 is 15.5 Å². The smallest absolute Gasteiger partial charge is 0.240 e. The van der Waals surface area contributed by atoms with Crippen LogP contribution in [-0.4, -0.2) is 32.1 Å². The molecule has 0 bridgehead atoms. The fourth-order valence-electron chi connectivity index (χ4n) is 2.63. The van der Waals surface area contributed by atoms with Crippen molar-refractivity contribution in [2.45, 2.75) is 13.0 Å². The van der Waals surface area contributed by atoms with E-state index < -0.39 is 0 Å². The van der Waals surface area contributed by atoms with Crippen molar-refractivity contribution in [3.05, 3.63) is 29.3 Å². The van der Waals surface area contributed by atoms with Crippen LogP contribution in [0.4, 0.5) is 5.69 Å². The third kappa shape index (κ3) is 1.94. The third-order valence-corrected chi connectivity index (χ3v) is 3.50. The topological polar surface area (TPSA) is 44.4 Å². The highest BCUT2D eigenvalue weighted by Crippen LogP contribution is 2.27. The van der Waals surface area contributed by atoms with Crippen molar-refractivity contribution < 1.29 is 4.79 Å². The van der Waals surface area contributed by atoms with Gasteiger partial charge in [-0.2, -0.15) is 0 Å². The Hall–Kier alpha value is -1.39. The maximum absolute atomic E-state index is 11.9. The highest BCUT2D eigenvalue weighted by molar-refractivity contribution is 5.96. The van der Waals surface area contributed by atoms with E-state index in [-0.39, 0.29) is 5.91 Å². The fourth-order valence-corrected chi connectivity index (χ4v) is 2.63. The van der Waals surface area contributed by atoms with Crippen molar-refractivity contribution in [2.75, 3.05) is 31.1 Å². The van der Waals surface area contributed by atoms with Gasteiger partial charge in [0.2, 0.25) is 5.91 Å². The molecule has 3 rings (SSSR count). The van der Waals surface area contributed by atoms with E-state index in [1.165, 1.54) is 11.1 Å². The van der Waals surface area contributed by atoms with Crippen LogP contribution in [0.15, 0.2) is 18.2 Å². The Labute approximate surface area is 101 Å². The first-order chi connectivity index (χ1) is 8.36. The summed E-state index contributed by atoms with van der Waals surface area (Å²) in [5, 5.41) is 6.48. The van der Waals surface area contributed by atoms with E-state index in [2.05, 4.69) is 28.8 Å². The summed E-state index contributed by atoms with van der Waals surface area (Å²) in [5.74, 6) is 0.184. The number of carbonyl (C=O) groups is 1. The molecule has 1 aromatic carbocycles. The molecular weight excluding hydrogens is 214 g/mol. The number of nitrogens with zero attached hydrogens (tertiary/aromatic N) is 1. The number of anilines is 1. The lowest BCUT2D eigenvalue weighted by molar-refractivity contribution is -0.118. The van der Waals surface area contributed by atoms with Gasteiger partial charge in [-0.05, 0) is 30.2 Å². The molecule has 0 spiro atoms. The van der Waals surface area contributed by atoms with E-state index in [4.69, 9.17) is 0 Å². The average molecular weight is 231 g/mol. The molecule has 0 atom stereocenters. The molecule has 2 aliphatic rings. The van der Waals surface area contributed by atoms with Crippen molar-refractivity contribution in [1.82, 2.24) is 10.6 Å². The standard InChI is InChI=1S/C13H17N3O/c17-13-9-15-6-7-16(13)12-3-1-2-10-8-14-5-4-11(10)12/h1-3,14-15H,4-9H2. The summed E-state index contributed by atoms with van der Waals surface area (Å²) in [6.07, 6.45) is 1.02. The molecule has 1 aromatic rings. The Morgan fingerprint density at radius 3 is 2.88 bits per heavy atom. The summed E-state index contributed by atoms with van der Waals surface area (Å²) in [4.78, 5) is 13.9. The maximum Gasteiger partial charge on any atom is 0.240 e. The zero-order chi connectivity index (χ0) is 11.7. The van der Waals surface area contributed by atoms with E-state index >= 15 is 0 Å². The minimum atomic E-state index is 0.184. The summed E-state index contributed by atoms with van der Waals surface area (Å²) in [6.45, 7) is 4.05. The summed E-state index contributed by atoms with van der Waals surface area (Å²) in [7, 11) is 0. The van der Waals surface area contributed by atoms with Crippen LogP contribution >= 0.6 is 0 Å². The Morgan fingerprint density at radius 2 is 2.00 bits per heavy atom. The zero-order valence-electron chi connectivity index (χ0n) is 9.83. The monoisotopic (exact) mass is 231 g/mol. The second-order valence-electron chi connectivity index (χ2n) is 4.56. The van der Waals surface area contributed by atoms with Crippen molar-refractivity contribution in [3.8, 4) is 0 Å². The average Bonchev–Trinajstić information content (AvgIpc) is 2.39. The highest BCUT2D eigenvalue weighted by atomic mass is 16.2.